The molecule has 1 N–H and O–H groups in total. The van der Waals surface area contributed by atoms with E-state index in [9.17, 15) is 4.79 Å². The molecule has 1 aromatic heterocycles. The average molecular weight is 476 g/mol. The molecule has 0 radical (unpaired) electrons. The SMILES string of the molecule is Cc1onc(-c2ccccc2Cl)c1C(=O)NC(=S)N(Cc1ccccc1)Cc1ccccc1. The van der Waals surface area contributed by atoms with Gasteiger partial charge in [0.1, 0.15) is 17.0 Å². The summed E-state index contributed by atoms with van der Waals surface area (Å²) >= 11 is 12.0. The van der Waals surface area contributed by atoms with Crippen molar-refractivity contribution in [2.75, 3.05) is 0 Å². The van der Waals surface area contributed by atoms with Gasteiger partial charge in [-0.1, -0.05) is 95.6 Å². The van der Waals surface area contributed by atoms with Crippen LogP contribution in [-0.4, -0.2) is 21.1 Å². The molecule has 1 amide bonds. The molecule has 0 unspecified atom stereocenters. The van der Waals surface area contributed by atoms with Crippen LogP contribution in [0, 0.1) is 6.92 Å². The Morgan fingerprint density at radius 2 is 1.48 bits per heavy atom. The van der Waals surface area contributed by atoms with E-state index in [0.717, 1.165) is 11.1 Å². The van der Waals surface area contributed by atoms with Gasteiger partial charge in [0.15, 0.2) is 5.11 Å². The number of rotatable bonds is 6. The summed E-state index contributed by atoms with van der Waals surface area (Å²) in [6.07, 6.45) is 0. The molecule has 166 valence electrons. The zero-order valence-electron chi connectivity index (χ0n) is 18.0. The number of benzene rings is 3. The van der Waals surface area contributed by atoms with Crippen molar-refractivity contribution in [3.05, 3.63) is 112 Å². The zero-order valence-corrected chi connectivity index (χ0v) is 19.6. The molecule has 0 aliphatic rings. The van der Waals surface area contributed by atoms with E-state index in [4.69, 9.17) is 28.3 Å². The van der Waals surface area contributed by atoms with Gasteiger partial charge in [0.05, 0.1) is 5.02 Å². The number of hydrogen-bond donors (Lipinski definition) is 1. The van der Waals surface area contributed by atoms with Gasteiger partial charge in [-0.15, -0.1) is 0 Å². The van der Waals surface area contributed by atoms with Crippen LogP contribution < -0.4 is 5.32 Å². The summed E-state index contributed by atoms with van der Waals surface area (Å²) in [5.74, 6) is 0.00248. The number of carbonyl (C=O) groups excluding carboxylic acids is 1. The summed E-state index contributed by atoms with van der Waals surface area (Å²) in [6, 6.07) is 27.2. The standard InChI is InChI=1S/C26H22ClN3O2S/c1-18-23(24(29-32-18)21-14-8-9-15-22(21)27)25(31)28-26(33)30(16-19-10-4-2-5-11-19)17-20-12-6-3-7-13-20/h2-15H,16-17H2,1H3,(H,28,31,33). The Bertz CT molecular complexity index is 1220. The van der Waals surface area contributed by atoms with Gasteiger partial charge >= 0.3 is 0 Å². The van der Waals surface area contributed by atoms with Crippen molar-refractivity contribution in [3.8, 4) is 11.3 Å². The molecule has 0 fully saturated rings. The number of halogens is 1. The largest absolute Gasteiger partial charge is 0.360 e. The first-order valence-corrected chi connectivity index (χ1v) is 11.2. The quantitative estimate of drug-likeness (QED) is 0.345. The maximum atomic E-state index is 13.3. The molecule has 0 atom stereocenters. The number of carbonyl (C=O) groups is 1. The number of amides is 1. The van der Waals surface area contributed by atoms with E-state index in [1.807, 2.05) is 77.7 Å². The maximum Gasteiger partial charge on any atom is 0.263 e. The van der Waals surface area contributed by atoms with Crippen molar-refractivity contribution in [2.24, 2.45) is 0 Å². The van der Waals surface area contributed by atoms with Crippen LogP contribution in [0.5, 0.6) is 0 Å². The minimum Gasteiger partial charge on any atom is -0.360 e. The Morgan fingerprint density at radius 3 is 2.06 bits per heavy atom. The van der Waals surface area contributed by atoms with E-state index in [2.05, 4.69) is 10.5 Å². The topological polar surface area (TPSA) is 58.4 Å². The van der Waals surface area contributed by atoms with Crippen LogP contribution in [0.25, 0.3) is 11.3 Å². The molecule has 0 aliphatic heterocycles. The summed E-state index contributed by atoms with van der Waals surface area (Å²) in [6.45, 7) is 2.79. The summed E-state index contributed by atoms with van der Waals surface area (Å²) in [5.41, 5.74) is 3.49. The lowest BCUT2D eigenvalue weighted by molar-refractivity contribution is 0.0971. The van der Waals surface area contributed by atoms with Crippen LogP contribution in [0.15, 0.2) is 89.5 Å². The number of hydrogen-bond acceptors (Lipinski definition) is 4. The molecule has 4 aromatic rings. The summed E-state index contributed by atoms with van der Waals surface area (Å²) < 4.78 is 5.33. The third-order valence-electron chi connectivity index (χ3n) is 5.16. The van der Waals surface area contributed by atoms with E-state index in [1.165, 1.54) is 0 Å². The van der Waals surface area contributed by atoms with Crippen LogP contribution in [0.2, 0.25) is 5.02 Å². The third-order valence-corrected chi connectivity index (χ3v) is 5.85. The van der Waals surface area contributed by atoms with Gasteiger partial charge in [-0.3, -0.25) is 10.1 Å². The van der Waals surface area contributed by atoms with Crippen molar-refractivity contribution >= 4 is 34.8 Å². The van der Waals surface area contributed by atoms with Crippen molar-refractivity contribution in [1.82, 2.24) is 15.4 Å². The predicted molar refractivity (Wildman–Crippen MR) is 134 cm³/mol. The fourth-order valence-corrected chi connectivity index (χ4v) is 3.97. The van der Waals surface area contributed by atoms with Gasteiger partial charge in [0.25, 0.3) is 5.91 Å². The van der Waals surface area contributed by atoms with Crippen molar-refractivity contribution in [3.63, 3.8) is 0 Å². The summed E-state index contributed by atoms with van der Waals surface area (Å²) in [4.78, 5) is 15.2. The predicted octanol–water partition coefficient (Wildman–Crippen LogP) is 6.02. The van der Waals surface area contributed by atoms with Crippen LogP contribution >= 0.6 is 23.8 Å². The van der Waals surface area contributed by atoms with Gasteiger partial charge in [0.2, 0.25) is 0 Å². The van der Waals surface area contributed by atoms with Gasteiger partial charge < -0.3 is 9.42 Å². The van der Waals surface area contributed by atoms with Crippen molar-refractivity contribution in [1.29, 1.82) is 0 Å². The fourth-order valence-electron chi connectivity index (χ4n) is 3.52. The normalized spacial score (nSPS) is 10.6. The molecule has 33 heavy (non-hydrogen) atoms. The monoisotopic (exact) mass is 475 g/mol. The minimum absolute atomic E-state index is 0.310. The second kappa shape index (κ2) is 10.4. The first-order valence-electron chi connectivity index (χ1n) is 10.4. The smallest absolute Gasteiger partial charge is 0.263 e. The first-order chi connectivity index (χ1) is 16.0. The van der Waals surface area contributed by atoms with Crippen LogP contribution in [0.3, 0.4) is 0 Å². The highest BCUT2D eigenvalue weighted by Gasteiger charge is 2.25. The Hall–Kier alpha value is -3.48. The van der Waals surface area contributed by atoms with E-state index in [0.29, 0.717) is 45.8 Å². The zero-order chi connectivity index (χ0) is 23.2. The molecule has 7 heteroatoms. The Labute approximate surface area is 203 Å². The third kappa shape index (κ3) is 5.48. The summed E-state index contributed by atoms with van der Waals surface area (Å²) in [5, 5.41) is 7.75. The molecule has 1 heterocycles. The van der Waals surface area contributed by atoms with E-state index >= 15 is 0 Å². The van der Waals surface area contributed by atoms with Gasteiger partial charge in [-0.05, 0) is 36.3 Å². The molecule has 0 saturated heterocycles. The van der Waals surface area contributed by atoms with Crippen molar-refractivity contribution in [2.45, 2.75) is 20.0 Å². The Kier molecular flexibility index (Phi) is 7.17. The molecule has 0 saturated carbocycles. The number of nitrogens with one attached hydrogen (secondary N) is 1. The molecule has 0 bridgehead atoms. The lowest BCUT2D eigenvalue weighted by Gasteiger charge is -2.26. The van der Waals surface area contributed by atoms with Crippen molar-refractivity contribution < 1.29 is 9.32 Å². The Morgan fingerprint density at radius 1 is 0.939 bits per heavy atom. The first kappa shape index (κ1) is 22.7. The minimum atomic E-state index is -0.389. The second-order valence-electron chi connectivity index (χ2n) is 7.53. The molecular weight excluding hydrogens is 454 g/mol. The average Bonchev–Trinajstić information content (AvgIpc) is 3.21. The lowest BCUT2D eigenvalue weighted by Crippen LogP contribution is -2.42. The van der Waals surface area contributed by atoms with E-state index in [1.54, 1.807) is 19.1 Å². The van der Waals surface area contributed by atoms with Crippen LogP contribution in [0.4, 0.5) is 0 Å². The highest BCUT2D eigenvalue weighted by atomic mass is 35.5. The molecule has 4 rings (SSSR count). The molecule has 0 spiro atoms. The second-order valence-corrected chi connectivity index (χ2v) is 8.32. The number of thiocarbonyl (C=S) groups is 1. The number of aromatic nitrogens is 1. The van der Waals surface area contributed by atoms with Gasteiger partial charge in [-0.25, -0.2) is 0 Å². The molecule has 0 aliphatic carbocycles. The lowest BCUT2D eigenvalue weighted by atomic mass is 10.1. The van der Waals surface area contributed by atoms with E-state index < -0.39 is 0 Å². The van der Waals surface area contributed by atoms with Crippen LogP contribution in [0.1, 0.15) is 27.2 Å². The number of nitrogens with zero attached hydrogens (tertiary/aromatic N) is 2. The van der Waals surface area contributed by atoms with Gasteiger partial charge in [-0.2, -0.15) is 0 Å². The molecule has 3 aromatic carbocycles. The molecule has 5 nitrogen and oxygen atoms in total. The maximum absolute atomic E-state index is 13.3. The van der Waals surface area contributed by atoms with Gasteiger partial charge in [0, 0.05) is 18.7 Å². The molecular formula is C26H22ClN3O2S. The highest BCUT2D eigenvalue weighted by Crippen LogP contribution is 2.31. The highest BCUT2D eigenvalue weighted by molar-refractivity contribution is 7.80. The fraction of sp³-hybridized carbons (Fsp3) is 0.115. The Balaban J connectivity index is 1.59. The van der Waals surface area contributed by atoms with E-state index in [-0.39, 0.29) is 5.91 Å². The summed E-state index contributed by atoms with van der Waals surface area (Å²) in [7, 11) is 0. The number of aryl methyl sites for hydroxylation is 1. The van der Waals surface area contributed by atoms with Crippen LogP contribution in [-0.2, 0) is 13.1 Å².